The highest BCUT2D eigenvalue weighted by atomic mass is 127. The number of hydrogen-bond donors (Lipinski definition) is 2. The minimum absolute atomic E-state index is 0. The predicted molar refractivity (Wildman–Crippen MR) is 119 cm³/mol. The summed E-state index contributed by atoms with van der Waals surface area (Å²) in [6.07, 6.45) is 1.33. The van der Waals surface area contributed by atoms with E-state index in [1.807, 2.05) is 17.0 Å². The fraction of sp³-hybridized carbons (Fsp3) is 0.600. The van der Waals surface area contributed by atoms with Crippen LogP contribution in [0, 0.1) is 5.92 Å². The number of benzene rings is 1. The topological polar surface area (TPSA) is 56.7 Å². The number of fused-ring (bicyclic) bond motifs is 1. The van der Waals surface area contributed by atoms with E-state index < -0.39 is 0 Å². The van der Waals surface area contributed by atoms with Crippen LogP contribution >= 0.6 is 24.0 Å². The molecule has 1 aromatic rings. The molecule has 0 radical (unpaired) electrons. The molecule has 6 heteroatoms. The van der Waals surface area contributed by atoms with Gasteiger partial charge in [0.05, 0.1) is 0 Å². The first kappa shape index (κ1) is 22.7. The number of amides is 1. The van der Waals surface area contributed by atoms with Crippen LogP contribution in [0.3, 0.4) is 0 Å². The zero-order valence-electron chi connectivity index (χ0n) is 16.4. The number of rotatable bonds is 7. The van der Waals surface area contributed by atoms with Gasteiger partial charge in [-0.05, 0) is 37.3 Å². The normalized spacial score (nSPS) is 14.7. The molecule has 2 rings (SSSR count). The fourth-order valence-corrected chi connectivity index (χ4v) is 2.79. The maximum atomic E-state index is 12.4. The van der Waals surface area contributed by atoms with Crippen molar-refractivity contribution in [2.45, 2.75) is 59.7 Å². The number of carbonyl (C=O) groups excluding carboxylic acids is 1. The van der Waals surface area contributed by atoms with Crippen molar-refractivity contribution in [1.29, 1.82) is 0 Å². The van der Waals surface area contributed by atoms with E-state index in [1.54, 1.807) is 0 Å². The van der Waals surface area contributed by atoms with Gasteiger partial charge in [-0.3, -0.25) is 9.79 Å². The van der Waals surface area contributed by atoms with Crippen LogP contribution in [0.2, 0.25) is 0 Å². The molecule has 0 spiro atoms. The lowest BCUT2D eigenvalue weighted by Crippen LogP contribution is -2.44. The van der Waals surface area contributed by atoms with Crippen LogP contribution < -0.4 is 10.6 Å². The molecule has 1 heterocycles. The highest BCUT2D eigenvalue weighted by molar-refractivity contribution is 14.0. The van der Waals surface area contributed by atoms with Crippen molar-refractivity contribution >= 4 is 35.8 Å². The maximum Gasteiger partial charge on any atom is 0.223 e. The smallest absolute Gasteiger partial charge is 0.223 e. The van der Waals surface area contributed by atoms with E-state index >= 15 is 0 Å². The minimum atomic E-state index is 0. The van der Waals surface area contributed by atoms with Gasteiger partial charge in [0, 0.05) is 38.6 Å². The second-order valence-electron chi connectivity index (χ2n) is 7.06. The number of nitrogens with one attached hydrogen (secondary N) is 2. The first-order valence-corrected chi connectivity index (χ1v) is 9.40. The molecule has 0 bridgehead atoms. The van der Waals surface area contributed by atoms with Gasteiger partial charge >= 0.3 is 0 Å². The largest absolute Gasteiger partial charge is 0.357 e. The number of nitrogens with zero attached hydrogens (tertiary/aromatic N) is 2. The van der Waals surface area contributed by atoms with Gasteiger partial charge in [0.15, 0.2) is 5.96 Å². The standard InChI is InChI=1S/C20H32N4O.HI/c1-5-21-20(23-16(4)15(2)3)22-12-8-11-19(25)24-13-17-9-6-7-10-18(17)14-24;/h6-7,9-10,15-16H,5,8,11-14H2,1-4H3,(H2,21,22,23);1H. The van der Waals surface area contributed by atoms with Gasteiger partial charge < -0.3 is 15.5 Å². The number of hydrogen-bond acceptors (Lipinski definition) is 2. The van der Waals surface area contributed by atoms with Crippen LogP contribution in [-0.2, 0) is 17.9 Å². The number of carbonyl (C=O) groups is 1. The minimum Gasteiger partial charge on any atom is -0.357 e. The van der Waals surface area contributed by atoms with Crippen LogP contribution in [0.4, 0.5) is 0 Å². The molecule has 1 unspecified atom stereocenters. The molecule has 1 atom stereocenters. The lowest BCUT2D eigenvalue weighted by molar-refractivity contribution is -0.131. The Morgan fingerprint density at radius 2 is 1.81 bits per heavy atom. The zero-order valence-corrected chi connectivity index (χ0v) is 18.7. The van der Waals surface area contributed by atoms with Gasteiger partial charge in [-0.2, -0.15) is 0 Å². The first-order chi connectivity index (χ1) is 12.0. The summed E-state index contributed by atoms with van der Waals surface area (Å²) in [4.78, 5) is 18.9. The van der Waals surface area contributed by atoms with Crippen LogP contribution in [0.5, 0.6) is 0 Å². The Kier molecular flexibility index (Phi) is 9.98. The summed E-state index contributed by atoms with van der Waals surface area (Å²) in [7, 11) is 0. The monoisotopic (exact) mass is 472 g/mol. The van der Waals surface area contributed by atoms with E-state index in [0.29, 0.717) is 24.9 Å². The van der Waals surface area contributed by atoms with Crippen molar-refractivity contribution in [2.75, 3.05) is 13.1 Å². The number of guanidine groups is 1. The van der Waals surface area contributed by atoms with E-state index in [2.05, 4.69) is 55.5 Å². The zero-order chi connectivity index (χ0) is 18.2. The van der Waals surface area contributed by atoms with E-state index in [1.165, 1.54) is 11.1 Å². The molecular weight excluding hydrogens is 439 g/mol. The summed E-state index contributed by atoms with van der Waals surface area (Å²) in [5, 5.41) is 6.68. The molecule has 0 saturated heterocycles. The van der Waals surface area contributed by atoms with Crippen molar-refractivity contribution in [3.63, 3.8) is 0 Å². The quantitative estimate of drug-likeness (QED) is 0.276. The Morgan fingerprint density at radius 3 is 2.35 bits per heavy atom. The predicted octanol–water partition coefficient (Wildman–Crippen LogP) is 3.53. The Morgan fingerprint density at radius 1 is 1.19 bits per heavy atom. The SMILES string of the molecule is CCNC(=NCCCC(=O)N1Cc2ccccc2C1)NC(C)C(C)C.I. The van der Waals surface area contributed by atoms with Gasteiger partial charge in [0.2, 0.25) is 5.91 Å². The molecule has 5 nitrogen and oxygen atoms in total. The van der Waals surface area contributed by atoms with Crippen LogP contribution in [-0.4, -0.2) is 35.9 Å². The first-order valence-electron chi connectivity index (χ1n) is 9.40. The highest BCUT2D eigenvalue weighted by Crippen LogP contribution is 2.22. The van der Waals surface area contributed by atoms with Gasteiger partial charge in [-0.1, -0.05) is 38.1 Å². The second kappa shape index (κ2) is 11.4. The lowest BCUT2D eigenvalue weighted by Gasteiger charge is -2.20. The van der Waals surface area contributed by atoms with Crippen molar-refractivity contribution in [1.82, 2.24) is 15.5 Å². The average Bonchev–Trinajstić information content (AvgIpc) is 3.02. The molecule has 26 heavy (non-hydrogen) atoms. The molecule has 0 saturated carbocycles. The summed E-state index contributed by atoms with van der Waals surface area (Å²) in [5.41, 5.74) is 2.55. The third-order valence-corrected chi connectivity index (χ3v) is 4.72. The summed E-state index contributed by atoms with van der Waals surface area (Å²) in [6.45, 7) is 11.6. The van der Waals surface area contributed by atoms with Crippen LogP contribution in [0.15, 0.2) is 29.3 Å². The fourth-order valence-electron chi connectivity index (χ4n) is 2.79. The summed E-state index contributed by atoms with van der Waals surface area (Å²) >= 11 is 0. The van der Waals surface area contributed by atoms with E-state index in [-0.39, 0.29) is 29.9 Å². The Balaban J connectivity index is 0.00000338. The molecule has 1 amide bonds. The molecule has 1 aromatic carbocycles. The van der Waals surface area contributed by atoms with Gasteiger partial charge in [0.25, 0.3) is 0 Å². The third-order valence-electron chi connectivity index (χ3n) is 4.72. The summed E-state index contributed by atoms with van der Waals surface area (Å²) in [5.74, 6) is 1.60. The molecule has 0 fully saturated rings. The number of halogens is 1. The molecule has 2 N–H and O–H groups in total. The highest BCUT2D eigenvalue weighted by Gasteiger charge is 2.22. The van der Waals surface area contributed by atoms with Gasteiger partial charge in [-0.25, -0.2) is 0 Å². The molecular formula is C20H33IN4O. The second-order valence-corrected chi connectivity index (χ2v) is 7.06. The van der Waals surface area contributed by atoms with Crippen molar-refractivity contribution in [2.24, 2.45) is 10.9 Å². The maximum absolute atomic E-state index is 12.4. The summed E-state index contributed by atoms with van der Waals surface area (Å²) < 4.78 is 0. The molecule has 1 aliphatic heterocycles. The lowest BCUT2D eigenvalue weighted by atomic mass is 10.1. The van der Waals surface area contributed by atoms with Crippen LogP contribution in [0.25, 0.3) is 0 Å². The third kappa shape index (κ3) is 6.78. The Bertz CT molecular complexity index is 578. The average molecular weight is 472 g/mol. The van der Waals surface area contributed by atoms with Crippen molar-refractivity contribution < 1.29 is 4.79 Å². The molecule has 1 aliphatic rings. The number of aliphatic imine (C=N–C) groups is 1. The van der Waals surface area contributed by atoms with Crippen molar-refractivity contribution in [3.05, 3.63) is 35.4 Å². The Hall–Kier alpha value is -1.31. The summed E-state index contributed by atoms with van der Waals surface area (Å²) in [6, 6.07) is 8.65. The van der Waals surface area contributed by atoms with Crippen molar-refractivity contribution in [3.8, 4) is 0 Å². The van der Waals surface area contributed by atoms with E-state index in [0.717, 1.165) is 32.0 Å². The van der Waals surface area contributed by atoms with Gasteiger partial charge in [-0.15, -0.1) is 24.0 Å². The van der Waals surface area contributed by atoms with E-state index in [9.17, 15) is 4.79 Å². The van der Waals surface area contributed by atoms with Crippen LogP contribution in [0.1, 0.15) is 51.7 Å². The molecule has 0 aliphatic carbocycles. The van der Waals surface area contributed by atoms with Gasteiger partial charge in [0.1, 0.15) is 0 Å². The Labute approximate surface area is 175 Å². The molecule has 0 aromatic heterocycles. The van der Waals surface area contributed by atoms with E-state index in [4.69, 9.17) is 0 Å². The molecule has 146 valence electrons.